The van der Waals surface area contributed by atoms with E-state index in [0.717, 1.165) is 12.8 Å². The van der Waals surface area contributed by atoms with Crippen molar-refractivity contribution in [3.05, 3.63) is 0 Å². The minimum Gasteiger partial charge on any atom is -0.338 e. The lowest BCUT2D eigenvalue weighted by atomic mass is 9.98. The maximum Gasteiger partial charge on any atom is 0.251 e. The van der Waals surface area contributed by atoms with Gasteiger partial charge in [-0.05, 0) is 12.3 Å². The first-order chi connectivity index (χ1) is 9.40. The maximum absolute atomic E-state index is 12.5. The highest BCUT2D eigenvalue weighted by atomic mass is 35.5. The summed E-state index contributed by atoms with van der Waals surface area (Å²) in [6, 6.07) is -0.481. The third-order valence-electron chi connectivity index (χ3n) is 4.30. The van der Waals surface area contributed by atoms with Crippen molar-refractivity contribution in [3.63, 3.8) is 0 Å². The molecule has 1 aliphatic rings. The second-order valence-corrected chi connectivity index (χ2v) is 5.64. The molecule has 7 heteroatoms. The van der Waals surface area contributed by atoms with Crippen LogP contribution in [0.25, 0.3) is 0 Å². The number of rotatable bonds is 6. The van der Waals surface area contributed by atoms with Gasteiger partial charge < -0.3 is 10.6 Å². The van der Waals surface area contributed by atoms with Crippen LogP contribution in [0.15, 0.2) is 0 Å². The topological polar surface area (TPSA) is 49.6 Å². The molecular weight excluding hydrogens is 300 g/mol. The van der Waals surface area contributed by atoms with Gasteiger partial charge in [-0.1, -0.05) is 27.2 Å². The van der Waals surface area contributed by atoms with Gasteiger partial charge in [0.05, 0.1) is 12.6 Å². The highest BCUT2D eigenvalue weighted by molar-refractivity contribution is 5.85. The second-order valence-electron chi connectivity index (χ2n) is 5.64. The van der Waals surface area contributed by atoms with Crippen LogP contribution in [0.3, 0.4) is 0 Å². The summed E-state index contributed by atoms with van der Waals surface area (Å²) in [4.78, 5) is 15.8. The van der Waals surface area contributed by atoms with Crippen LogP contribution in [0.5, 0.6) is 0 Å². The molecule has 0 spiro atoms. The maximum atomic E-state index is 12.5. The molecule has 0 aliphatic carbocycles. The summed E-state index contributed by atoms with van der Waals surface area (Å²) in [5.74, 6) is 0.0937. The standard InChI is InChI=1S/C14H27F2N3O.ClH/c1-4-10(3)13(17)14(20)19-7-6-18(9-12(15)16)11(5-2)8-19;/h10-13H,4-9,17H2,1-3H3;1H. The third kappa shape index (κ3) is 5.68. The number of carbonyl (C=O) groups excluding carboxylic acids is 1. The molecule has 0 radical (unpaired) electrons. The van der Waals surface area contributed by atoms with Crippen molar-refractivity contribution in [2.24, 2.45) is 11.7 Å². The lowest BCUT2D eigenvalue weighted by molar-refractivity contribution is -0.137. The summed E-state index contributed by atoms with van der Waals surface area (Å²) in [6.07, 6.45) is -0.710. The molecule has 0 aromatic heterocycles. The van der Waals surface area contributed by atoms with Crippen molar-refractivity contribution in [3.8, 4) is 0 Å². The zero-order valence-electron chi connectivity index (χ0n) is 13.1. The molecule has 1 saturated heterocycles. The molecule has 1 heterocycles. The van der Waals surface area contributed by atoms with Gasteiger partial charge in [-0.15, -0.1) is 12.4 Å². The van der Waals surface area contributed by atoms with Crippen molar-refractivity contribution >= 4 is 18.3 Å². The summed E-state index contributed by atoms with van der Waals surface area (Å²) >= 11 is 0. The fourth-order valence-corrected chi connectivity index (χ4v) is 2.61. The molecule has 1 fully saturated rings. The number of nitrogens with zero attached hydrogens (tertiary/aromatic N) is 2. The molecule has 21 heavy (non-hydrogen) atoms. The first-order valence-electron chi connectivity index (χ1n) is 7.47. The Kier molecular flexibility index (Phi) is 9.33. The zero-order chi connectivity index (χ0) is 15.3. The SMILES string of the molecule is CCC(C)C(N)C(=O)N1CCN(CC(F)F)C(CC)C1.Cl. The molecule has 1 amide bonds. The summed E-state index contributed by atoms with van der Waals surface area (Å²) in [5.41, 5.74) is 5.98. The predicted molar refractivity (Wildman–Crippen MR) is 82.9 cm³/mol. The van der Waals surface area contributed by atoms with Gasteiger partial charge in [0.15, 0.2) is 0 Å². The quantitative estimate of drug-likeness (QED) is 0.811. The first kappa shape index (κ1) is 20.5. The summed E-state index contributed by atoms with van der Waals surface area (Å²) in [6.45, 7) is 7.23. The number of alkyl halides is 2. The molecule has 0 aromatic rings. The van der Waals surface area contributed by atoms with E-state index in [2.05, 4.69) is 0 Å². The molecule has 4 nitrogen and oxygen atoms in total. The van der Waals surface area contributed by atoms with Crippen LogP contribution in [0.4, 0.5) is 8.78 Å². The van der Waals surface area contributed by atoms with E-state index in [1.807, 2.05) is 20.8 Å². The Bertz CT molecular complexity index is 321. The Morgan fingerprint density at radius 3 is 2.43 bits per heavy atom. The number of nitrogens with two attached hydrogens (primary N) is 1. The Hall–Kier alpha value is -0.460. The van der Waals surface area contributed by atoms with E-state index in [9.17, 15) is 13.6 Å². The number of hydrogen-bond donors (Lipinski definition) is 1. The van der Waals surface area contributed by atoms with Crippen molar-refractivity contribution in [2.45, 2.75) is 52.1 Å². The van der Waals surface area contributed by atoms with Crippen LogP contribution >= 0.6 is 12.4 Å². The number of hydrogen-bond acceptors (Lipinski definition) is 3. The van der Waals surface area contributed by atoms with Crippen LogP contribution in [-0.2, 0) is 4.79 Å². The van der Waals surface area contributed by atoms with Crippen LogP contribution in [0.2, 0.25) is 0 Å². The van der Waals surface area contributed by atoms with Gasteiger partial charge in [0.2, 0.25) is 5.91 Å². The van der Waals surface area contributed by atoms with Crippen molar-refractivity contribution < 1.29 is 13.6 Å². The zero-order valence-corrected chi connectivity index (χ0v) is 13.9. The van der Waals surface area contributed by atoms with Gasteiger partial charge in [0, 0.05) is 25.7 Å². The van der Waals surface area contributed by atoms with E-state index in [-0.39, 0.29) is 36.8 Å². The fourth-order valence-electron chi connectivity index (χ4n) is 2.61. The van der Waals surface area contributed by atoms with E-state index in [1.165, 1.54) is 0 Å². The van der Waals surface area contributed by atoms with Gasteiger partial charge in [0.1, 0.15) is 0 Å². The Morgan fingerprint density at radius 1 is 1.33 bits per heavy atom. The van der Waals surface area contributed by atoms with Crippen molar-refractivity contribution in [1.82, 2.24) is 9.80 Å². The summed E-state index contributed by atoms with van der Waals surface area (Å²) < 4.78 is 25.0. The van der Waals surface area contributed by atoms with Gasteiger partial charge >= 0.3 is 0 Å². The molecule has 2 N–H and O–H groups in total. The number of carbonyl (C=O) groups is 1. The average molecular weight is 328 g/mol. The highest BCUT2D eigenvalue weighted by Gasteiger charge is 2.32. The monoisotopic (exact) mass is 327 g/mol. The minimum atomic E-state index is -2.33. The van der Waals surface area contributed by atoms with Gasteiger partial charge in [-0.2, -0.15) is 0 Å². The van der Waals surface area contributed by atoms with Crippen LogP contribution < -0.4 is 5.73 Å². The number of amides is 1. The van der Waals surface area contributed by atoms with E-state index in [1.54, 1.807) is 9.80 Å². The number of piperazine rings is 1. The molecule has 0 saturated carbocycles. The van der Waals surface area contributed by atoms with Crippen molar-refractivity contribution in [1.29, 1.82) is 0 Å². The van der Waals surface area contributed by atoms with Gasteiger partial charge in [-0.3, -0.25) is 9.69 Å². The second kappa shape index (κ2) is 9.54. The third-order valence-corrected chi connectivity index (χ3v) is 4.30. The van der Waals surface area contributed by atoms with Gasteiger partial charge in [-0.25, -0.2) is 8.78 Å². The molecule has 3 atom stereocenters. The molecule has 0 bridgehead atoms. The van der Waals surface area contributed by atoms with E-state index < -0.39 is 12.5 Å². The average Bonchev–Trinajstić information content (AvgIpc) is 2.44. The van der Waals surface area contributed by atoms with E-state index >= 15 is 0 Å². The summed E-state index contributed by atoms with van der Waals surface area (Å²) in [5, 5.41) is 0. The Balaban J connectivity index is 0.00000400. The lowest BCUT2D eigenvalue weighted by Crippen LogP contribution is -2.58. The van der Waals surface area contributed by atoms with E-state index in [4.69, 9.17) is 5.73 Å². The van der Waals surface area contributed by atoms with Crippen LogP contribution in [0, 0.1) is 5.92 Å². The smallest absolute Gasteiger partial charge is 0.251 e. The molecule has 3 unspecified atom stereocenters. The van der Waals surface area contributed by atoms with Gasteiger partial charge in [0.25, 0.3) is 6.43 Å². The van der Waals surface area contributed by atoms with Crippen LogP contribution in [-0.4, -0.2) is 60.4 Å². The number of halogens is 3. The minimum absolute atomic E-state index is 0. The fraction of sp³-hybridized carbons (Fsp3) is 0.929. The molecule has 1 aliphatic heterocycles. The predicted octanol–water partition coefficient (Wildman–Crippen LogP) is 1.97. The lowest BCUT2D eigenvalue weighted by Gasteiger charge is -2.42. The highest BCUT2D eigenvalue weighted by Crippen LogP contribution is 2.17. The van der Waals surface area contributed by atoms with E-state index in [0.29, 0.717) is 19.6 Å². The molecule has 126 valence electrons. The normalized spacial score (nSPS) is 22.8. The first-order valence-corrected chi connectivity index (χ1v) is 7.47. The largest absolute Gasteiger partial charge is 0.338 e. The van der Waals surface area contributed by atoms with Crippen LogP contribution in [0.1, 0.15) is 33.6 Å². The Labute approximate surface area is 132 Å². The Morgan fingerprint density at radius 2 is 1.95 bits per heavy atom. The van der Waals surface area contributed by atoms with Crippen molar-refractivity contribution in [2.75, 3.05) is 26.2 Å². The molecule has 0 aromatic carbocycles. The molecular formula is C14H28ClF2N3O. The summed E-state index contributed by atoms with van der Waals surface area (Å²) in [7, 11) is 0. The molecule has 1 rings (SSSR count).